The van der Waals surface area contributed by atoms with Gasteiger partial charge in [0.2, 0.25) is 20.0 Å². The summed E-state index contributed by atoms with van der Waals surface area (Å²) in [5.41, 5.74) is 5.13. The van der Waals surface area contributed by atoms with Gasteiger partial charge in [-0.2, -0.15) is 0 Å². The Morgan fingerprint density at radius 1 is 0.692 bits per heavy atom. The Morgan fingerprint density at radius 3 is 1.31 bits per heavy atom. The van der Waals surface area contributed by atoms with Gasteiger partial charge in [0.15, 0.2) is 0 Å². The summed E-state index contributed by atoms with van der Waals surface area (Å²) in [4.78, 5) is 0.740. The molecule has 1 aliphatic heterocycles. The molecule has 0 aliphatic carbocycles. The maximum atomic E-state index is 13.2. The third-order valence-electron chi connectivity index (χ3n) is 7.37. The van der Waals surface area contributed by atoms with Crippen LogP contribution < -0.4 is 14.8 Å². The van der Waals surface area contributed by atoms with Gasteiger partial charge in [0.05, 0.1) is 9.79 Å². The van der Waals surface area contributed by atoms with Crippen molar-refractivity contribution >= 4 is 32.5 Å². The number of halogens is 1. The van der Waals surface area contributed by atoms with Crippen molar-refractivity contribution in [2.45, 2.75) is 96.5 Å². The highest BCUT2D eigenvalue weighted by molar-refractivity contribution is 7.90. The average Bonchev–Trinajstić information content (AvgIpc) is 2.70. The Balaban J connectivity index is 0.00000533. The van der Waals surface area contributed by atoms with Gasteiger partial charge >= 0.3 is 0 Å². The summed E-state index contributed by atoms with van der Waals surface area (Å²) >= 11 is 0. The normalized spacial score (nSPS) is 19.8. The third kappa shape index (κ3) is 8.75. The second-order valence-corrected chi connectivity index (χ2v) is 14.9. The quantitative estimate of drug-likeness (QED) is 0.357. The fraction of sp³-hybridized carbons (Fsp3) is 0.586. The van der Waals surface area contributed by atoms with Crippen molar-refractivity contribution in [3.63, 3.8) is 0 Å². The van der Waals surface area contributed by atoms with Crippen LogP contribution in [0.3, 0.4) is 0 Å². The molecule has 0 bridgehead atoms. The van der Waals surface area contributed by atoms with Crippen molar-refractivity contribution in [2.75, 3.05) is 13.1 Å². The Hall–Kier alpha value is -1.49. The number of aryl methyl sites for hydroxylation is 6. The summed E-state index contributed by atoms with van der Waals surface area (Å²) in [6.07, 6.45) is 2.36. The second kappa shape index (κ2) is 13.4. The zero-order valence-corrected chi connectivity index (χ0v) is 27.0. The Morgan fingerprint density at radius 2 is 1.00 bits per heavy atom. The van der Waals surface area contributed by atoms with Gasteiger partial charge in [-0.05, 0) is 122 Å². The van der Waals surface area contributed by atoms with E-state index in [0.717, 1.165) is 52.9 Å². The number of piperidine rings is 1. The molecule has 2 aromatic carbocycles. The molecule has 1 heterocycles. The highest BCUT2D eigenvalue weighted by Crippen LogP contribution is 2.27. The number of sulfonamides is 2. The minimum atomic E-state index is -3.62. The molecule has 220 valence electrons. The van der Waals surface area contributed by atoms with Gasteiger partial charge in [-0.3, -0.25) is 0 Å². The minimum Gasteiger partial charge on any atom is -0.316 e. The van der Waals surface area contributed by atoms with Crippen molar-refractivity contribution in [1.82, 2.24) is 14.8 Å². The summed E-state index contributed by atoms with van der Waals surface area (Å²) < 4.78 is 58.5. The van der Waals surface area contributed by atoms with Crippen LogP contribution in [0.2, 0.25) is 0 Å². The van der Waals surface area contributed by atoms with Gasteiger partial charge < -0.3 is 5.32 Å². The maximum Gasteiger partial charge on any atom is 0.241 e. The maximum absolute atomic E-state index is 13.2. The molecular weight excluding hydrogens is 554 g/mol. The Kier molecular flexibility index (Phi) is 11.6. The SMILES string of the molecule is Cc1cc(C)c(S(=O)(=O)NC(C)CC2CNCC(CC(C)NS(=O)(=O)c3c(C)cc(C)cc3C)C2)c(C)c1.Cl. The average molecular weight is 600 g/mol. The van der Waals surface area contributed by atoms with Crippen molar-refractivity contribution in [1.29, 1.82) is 0 Å². The molecule has 0 saturated carbocycles. The summed E-state index contributed by atoms with van der Waals surface area (Å²) in [7, 11) is -7.25. The second-order valence-electron chi connectivity index (χ2n) is 11.6. The molecule has 0 aromatic heterocycles. The van der Waals surface area contributed by atoms with Crippen LogP contribution in [0, 0.1) is 53.4 Å². The van der Waals surface area contributed by atoms with E-state index in [1.807, 2.05) is 79.7 Å². The molecule has 39 heavy (non-hydrogen) atoms. The third-order valence-corrected chi connectivity index (χ3v) is 11.2. The zero-order chi connectivity index (χ0) is 28.4. The molecule has 0 spiro atoms. The van der Waals surface area contributed by atoms with Crippen LogP contribution in [0.15, 0.2) is 34.1 Å². The molecule has 10 heteroatoms. The van der Waals surface area contributed by atoms with Crippen LogP contribution in [0.25, 0.3) is 0 Å². The van der Waals surface area contributed by atoms with E-state index in [2.05, 4.69) is 14.8 Å². The molecule has 4 atom stereocenters. The first-order valence-electron chi connectivity index (χ1n) is 13.5. The zero-order valence-electron chi connectivity index (χ0n) is 24.5. The van der Waals surface area contributed by atoms with Crippen molar-refractivity contribution in [3.8, 4) is 0 Å². The lowest BCUT2D eigenvalue weighted by Crippen LogP contribution is -2.43. The molecule has 1 saturated heterocycles. The lowest BCUT2D eigenvalue weighted by atomic mass is 9.84. The number of benzene rings is 2. The molecule has 7 nitrogen and oxygen atoms in total. The molecule has 3 rings (SSSR count). The van der Waals surface area contributed by atoms with Crippen LogP contribution in [-0.2, 0) is 20.0 Å². The van der Waals surface area contributed by atoms with Crippen LogP contribution in [-0.4, -0.2) is 42.0 Å². The summed E-state index contributed by atoms with van der Waals surface area (Å²) in [6, 6.07) is 7.18. The first-order valence-corrected chi connectivity index (χ1v) is 16.5. The van der Waals surface area contributed by atoms with Crippen LogP contribution in [0.4, 0.5) is 0 Å². The summed E-state index contributed by atoms with van der Waals surface area (Å²) in [5.74, 6) is 0.606. The van der Waals surface area contributed by atoms with Gasteiger partial charge in [-0.15, -0.1) is 12.4 Å². The van der Waals surface area contributed by atoms with Crippen LogP contribution in [0.5, 0.6) is 0 Å². The molecule has 1 fully saturated rings. The van der Waals surface area contributed by atoms with Crippen LogP contribution >= 0.6 is 12.4 Å². The summed E-state index contributed by atoms with van der Waals surface area (Å²) in [6.45, 7) is 16.8. The van der Waals surface area contributed by atoms with E-state index in [9.17, 15) is 16.8 Å². The Bertz CT molecular complexity index is 1230. The number of hydrogen-bond acceptors (Lipinski definition) is 5. The van der Waals surface area contributed by atoms with E-state index in [4.69, 9.17) is 0 Å². The predicted molar refractivity (Wildman–Crippen MR) is 162 cm³/mol. The molecule has 0 amide bonds. The van der Waals surface area contributed by atoms with E-state index in [1.54, 1.807) is 0 Å². The molecule has 4 unspecified atom stereocenters. The molecular formula is C29H46ClN3O4S2. The van der Waals surface area contributed by atoms with E-state index in [0.29, 0.717) is 34.5 Å². The van der Waals surface area contributed by atoms with Gasteiger partial charge in [-0.1, -0.05) is 35.4 Å². The molecule has 0 radical (unpaired) electrons. The van der Waals surface area contributed by atoms with Gasteiger partial charge in [0.1, 0.15) is 0 Å². The van der Waals surface area contributed by atoms with Crippen molar-refractivity contribution in [2.24, 2.45) is 11.8 Å². The molecule has 1 aliphatic rings. The highest BCUT2D eigenvalue weighted by Gasteiger charge is 2.29. The largest absolute Gasteiger partial charge is 0.316 e. The van der Waals surface area contributed by atoms with Gasteiger partial charge in [0, 0.05) is 12.1 Å². The Labute approximate surface area is 242 Å². The minimum absolute atomic E-state index is 0. The fourth-order valence-electron chi connectivity index (χ4n) is 6.41. The standard InChI is InChI=1S/C29H45N3O4S2.ClH/c1-18-9-20(3)28(21(4)10-18)37(33,34)31-24(7)13-26-15-27(17-30-16-26)14-25(8)32-38(35,36)29-22(5)11-19(2)12-23(29)6;/h9-12,24-27,30-32H,13-17H2,1-8H3;1H. The van der Waals surface area contributed by atoms with Crippen molar-refractivity contribution in [3.05, 3.63) is 57.6 Å². The topological polar surface area (TPSA) is 104 Å². The molecule has 3 N–H and O–H groups in total. The first kappa shape index (κ1) is 33.7. The lowest BCUT2D eigenvalue weighted by Gasteiger charge is -2.33. The number of rotatable bonds is 10. The van der Waals surface area contributed by atoms with E-state index in [1.165, 1.54) is 0 Å². The van der Waals surface area contributed by atoms with Gasteiger partial charge in [0.25, 0.3) is 0 Å². The fourth-order valence-corrected chi connectivity index (χ4v) is 9.83. The first-order chi connectivity index (χ1) is 17.6. The number of nitrogens with one attached hydrogen (secondary N) is 3. The van der Waals surface area contributed by atoms with E-state index < -0.39 is 20.0 Å². The van der Waals surface area contributed by atoms with Gasteiger partial charge in [-0.25, -0.2) is 26.3 Å². The summed E-state index contributed by atoms with van der Waals surface area (Å²) in [5, 5.41) is 3.48. The lowest BCUT2D eigenvalue weighted by molar-refractivity contribution is 0.242. The van der Waals surface area contributed by atoms with Crippen molar-refractivity contribution < 1.29 is 16.8 Å². The smallest absolute Gasteiger partial charge is 0.241 e. The number of hydrogen-bond donors (Lipinski definition) is 3. The van der Waals surface area contributed by atoms with E-state index in [-0.39, 0.29) is 24.5 Å². The predicted octanol–water partition coefficient (Wildman–Crippen LogP) is 5.00. The monoisotopic (exact) mass is 599 g/mol. The molecule has 2 aromatic rings. The van der Waals surface area contributed by atoms with E-state index >= 15 is 0 Å². The van der Waals surface area contributed by atoms with Crippen LogP contribution in [0.1, 0.15) is 66.5 Å². The highest BCUT2D eigenvalue weighted by atomic mass is 35.5.